The maximum Gasteiger partial charge on any atom is 0.416 e. The Kier molecular flexibility index (Phi) is 15.0. The monoisotopic (exact) mass is 459 g/mol. The van der Waals surface area contributed by atoms with E-state index in [-0.39, 0.29) is 18.2 Å². The van der Waals surface area contributed by atoms with E-state index >= 15 is 0 Å². The van der Waals surface area contributed by atoms with Gasteiger partial charge in [0, 0.05) is 19.6 Å². The number of unbranched alkanes of at least 4 members (excludes halogenated alkanes) is 1. The Morgan fingerprint density at radius 1 is 1.00 bits per heavy atom. The second-order valence-electron chi connectivity index (χ2n) is 6.70. The van der Waals surface area contributed by atoms with E-state index in [1.807, 2.05) is 20.8 Å². The number of nitrogens with one attached hydrogen (secondary N) is 1. The number of hydrogen-bond donors (Lipinski definition) is 2. The van der Waals surface area contributed by atoms with Gasteiger partial charge in [0.25, 0.3) is 0 Å². The van der Waals surface area contributed by atoms with Gasteiger partial charge in [-0.1, -0.05) is 46.2 Å². The molecule has 2 rings (SSSR count). The minimum absolute atomic E-state index is 0.0999. The van der Waals surface area contributed by atoms with E-state index in [9.17, 15) is 17.6 Å². The first-order chi connectivity index (χ1) is 15.3. The summed E-state index contributed by atoms with van der Waals surface area (Å²) in [5.74, 6) is -0.379. The number of anilines is 2. The zero-order valence-electron chi connectivity index (χ0n) is 19.8. The van der Waals surface area contributed by atoms with Crippen molar-refractivity contribution < 1.29 is 17.6 Å². The zero-order valence-corrected chi connectivity index (χ0v) is 19.8. The van der Waals surface area contributed by atoms with E-state index < -0.39 is 17.6 Å². The van der Waals surface area contributed by atoms with Gasteiger partial charge in [0.05, 0.1) is 5.56 Å². The summed E-state index contributed by atoms with van der Waals surface area (Å²) in [4.78, 5) is 9.57. The zero-order chi connectivity index (χ0) is 24.6. The number of halogens is 4. The number of benzene rings is 1. The van der Waals surface area contributed by atoms with Crippen LogP contribution in [0.2, 0.25) is 0 Å². The average molecular weight is 460 g/mol. The quantitative estimate of drug-likeness (QED) is 0.342. The fourth-order valence-corrected chi connectivity index (χ4v) is 2.54. The van der Waals surface area contributed by atoms with Crippen LogP contribution in [0.25, 0.3) is 0 Å². The third-order valence-corrected chi connectivity index (χ3v) is 4.03. The second kappa shape index (κ2) is 16.2. The van der Waals surface area contributed by atoms with Crippen molar-refractivity contribution in [1.29, 1.82) is 0 Å². The molecule has 0 aliphatic carbocycles. The van der Waals surface area contributed by atoms with E-state index in [4.69, 9.17) is 5.73 Å². The molecule has 3 N–H and O–H groups in total. The predicted octanol–water partition coefficient (Wildman–Crippen LogP) is 6.25. The summed E-state index contributed by atoms with van der Waals surface area (Å²) in [5.41, 5.74) is 5.34. The van der Waals surface area contributed by atoms with Gasteiger partial charge in [-0.25, -0.2) is 9.97 Å². The molecule has 0 spiro atoms. The van der Waals surface area contributed by atoms with Gasteiger partial charge < -0.3 is 16.0 Å². The molecular formula is C23H37F4N5. The fraction of sp³-hybridized carbons (Fsp3) is 0.565. The summed E-state index contributed by atoms with van der Waals surface area (Å²) in [6.45, 7) is 11.8. The molecule has 2 aromatic rings. The van der Waals surface area contributed by atoms with Crippen molar-refractivity contribution >= 4 is 11.6 Å². The van der Waals surface area contributed by atoms with E-state index in [0.717, 1.165) is 25.0 Å². The molecule has 1 heterocycles. The van der Waals surface area contributed by atoms with Gasteiger partial charge in [-0.3, -0.25) is 0 Å². The Balaban J connectivity index is 0.00000177. The van der Waals surface area contributed by atoms with Crippen LogP contribution in [0.1, 0.15) is 65.0 Å². The number of nitrogens with two attached hydrogens (primary N) is 1. The van der Waals surface area contributed by atoms with Crippen LogP contribution in [0, 0.1) is 5.82 Å². The van der Waals surface area contributed by atoms with Gasteiger partial charge in [0.1, 0.15) is 6.33 Å². The van der Waals surface area contributed by atoms with Crippen LogP contribution in [0.5, 0.6) is 0 Å². The molecule has 0 radical (unpaired) electrons. The smallest absolute Gasteiger partial charge is 0.367 e. The Bertz CT molecular complexity index is 736. The first kappa shape index (κ1) is 29.6. The van der Waals surface area contributed by atoms with Crippen LogP contribution in [0.15, 0.2) is 30.6 Å². The molecule has 32 heavy (non-hydrogen) atoms. The maximum absolute atomic E-state index is 14.7. The molecule has 5 nitrogen and oxygen atoms in total. The Hall–Kier alpha value is -2.42. The molecule has 0 saturated carbocycles. The molecule has 0 saturated heterocycles. The number of hydrogen-bond acceptors (Lipinski definition) is 5. The Morgan fingerprint density at radius 2 is 1.59 bits per heavy atom. The fourth-order valence-electron chi connectivity index (χ4n) is 2.54. The van der Waals surface area contributed by atoms with Gasteiger partial charge in [0.15, 0.2) is 11.6 Å². The number of aromatic nitrogens is 2. The average Bonchev–Trinajstić information content (AvgIpc) is 2.78. The van der Waals surface area contributed by atoms with Gasteiger partial charge in [-0.05, 0) is 44.0 Å². The van der Waals surface area contributed by atoms with Crippen molar-refractivity contribution in [2.45, 2.75) is 66.6 Å². The highest BCUT2D eigenvalue weighted by Gasteiger charge is 2.30. The van der Waals surface area contributed by atoms with Crippen LogP contribution in [-0.4, -0.2) is 29.6 Å². The summed E-state index contributed by atoms with van der Waals surface area (Å²) >= 11 is 0. The topological polar surface area (TPSA) is 67.1 Å². The van der Waals surface area contributed by atoms with Crippen LogP contribution >= 0.6 is 0 Å². The maximum atomic E-state index is 14.7. The van der Waals surface area contributed by atoms with Crippen LogP contribution in [-0.2, 0) is 12.7 Å². The minimum Gasteiger partial charge on any atom is -0.367 e. The van der Waals surface area contributed by atoms with E-state index in [1.165, 1.54) is 24.9 Å². The van der Waals surface area contributed by atoms with Crippen molar-refractivity contribution in [3.63, 3.8) is 0 Å². The first-order valence-electron chi connectivity index (χ1n) is 11.1. The van der Waals surface area contributed by atoms with Gasteiger partial charge >= 0.3 is 6.18 Å². The van der Waals surface area contributed by atoms with Crippen molar-refractivity contribution in [1.82, 2.24) is 9.97 Å². The molecule has 0 aliphatic heterocycles. The number of rotatable bonds is 9. The van der Waals surface area contributed by atoms with Crippen molar-refractivity contribution in [2.75, 3.05) is 29.9 Å². The third-order valence-electron chi connectivity index (χ3n) is 4.03. The molecule has 0 bridgehead atoms. The molecular weight excluding hydrogens is 422 g/mol. The second-order valence-corrected chi connectivity index (χ2v) is 6.70. The highest BCUT2D eigenvalue weighted by molar-refractivity contribution is 5.51. The van der Waals surface area contributed by atoms with Crippen molar-refractivity contribution in [3.05, 3.63) is 47.5 Å². The summed E-state index contributed by atoms with van der Waals surface area (Å²) in [6, 6.07) is 4.81. The molecule has 1 aromatic heterocycles. The lowest BCUT2D eigenvalue weighted by Gasteiger charge is -2.23. The highest BCUT2D eigenvalue weighted by Crippen LogP contribution is 2.29. The van der Waals surface area contributed by atoms with Crippen LogP contribution in [0.3, 0.4) is 0 Å². The third kappa shape index (κ3) is 10.3. The molecule has 0 amide bonds. The summed E-state index contributed by atoms with van der Waals surface area (Å²) in [6.07, 6.45) is -0.259. The lowest BCUT2D eigenvalue weighted by atomic mass is 10.1. The van der Waals surface area contributed by atoms with Gasteiger partial charge in [-0.2, -0.15) is 17.6 Å². The van der Waals surface area contributed by atoms with E-state index in [0.29, 0.717) is 25.2 Å². The SMILES string of the molecule is CC.CCC.CCN(Cc1ccc(C(F)(F)F)cc1)c1ncnc(NCCCCN)c1F. The molecule has 9 heteroatoms. The molecule has 0 aliphatic rings. The molecule has 0 atom stereocenters. The first-order valence-corrected chi connectivity index (χ1v) is 11.1. The van der Waals surface area contributed by atoms with E-state index in [2.05, 4.69) is 29.1 Å². The predicted molar refractivity (Wildman–Crippen MR) is 124 cm³/mol. The normalized spacial score (nSPS) is 10.4. The Labute approximate surface area is 189 Å². The largest absolute Gasteiger partial charge is 0.416 e. The summed E-state index contributed by atoms with van der Waals surface area (Å²) < 4.78 is 52.7. The van der Waals surface area contributed by atoms with Crippen molar-refractivity contribution in [3.8, 4) is 0 Å². The lowest BCUT2D eigenvalue weighted by molar-refractivity contribution is -0.137. The van der Waals surface area contributed by atoms with Crippen molar-refractivity contribution in [2.24, 2.45) is 5.73 Å². The summed E-state index contributed by atoms with van der Waals surface area (Å²) in [5, 5.41) is 2.92. The molecule has 182 valence electrons. The van der Waals surface area contributed by atoms with Gasteiger partial charge in [0.2, 0.25) is 5.82 Å². The molecule has 0 unspecified atom stereocenters. The number of nitrogens with zero attached hydrogens (tertiary/aromatic N) is 3. The summed E-state index contributed by atoms with van der Waals surface area (Å²) in [7, 11) is 0. The highest BCUT2D eigenvalue weighted by atomic mass is 19.4. The standard InChI is InChI=1S/C18H23F4N5.C3H8.C2H6/c1-2-27(11-13-5-7-14(8-6-13)18(20,21)22)17-15(19)16(25-12-26-17)24-10-4-3-9-23;1-3-2;1-2/h5-8,12H,2-4,9-11,23H2,1H3,(H,24,25,26);3H2,1-2H3;1-2H3. The van der Waals surface area contributed by atoms with Gasteiger partial charge in [-0.15, -0.1) is 0 Å². The molecule has 1 aromatic carbocycles. The van der Waals surface area contributed by atoms with E-state index in [1.54, 1.807) is 4.90 Å². The molecule has 0 fully saturated rings. The van der Waals surface area contributed by atoms with Crippen LogP contribution in [0.4, 0.5) is 29.2 Å². The Morgan fingerprint density at radius 3 is 2.09 bits per heavy atom. The number of alkyl halides is 3. The van der Waals surface area contributed by atoms with Crippen LogP contribution < -0.4 is 16.0 Å². The minimum atomic E-state index is -4.38. The lowest BCUT2D eigenvalue weighted by Crippen LogP contribution is -2.25.